The van der Waals surface area contributed by atoms with E-state index in [0.29, 0.717) is 12.0 Å². The number of urea groups is 1. The molecule has 1 aliphatic heterocycles. The maximum Gasteiger partial charge on any atom is 0.343 e. The number of sulfonamides is 1. The Kier molecular flexibility index (Phi) is 4.84. The van der Waals surface area contributed by atoms with Crippen LogP contribution in [0.25, 0.3) is 0 Å². The van der Waals surface area contributed by atoms with E-state index in [4.69, 9.17) is 0 Å². The van der Waals surface area contributed by atoms with Crippen molar-refractivity contribution < 1.29 is 17.6 Å². The van der Waals surface area contributed by atoms with Crippen LogP contribution in [-0.2, 0) is 23.0 Å². The number of aryl methyl sites for hydroxylation is 1. The quantitative estimate of drug-likeness (QED) is 0.625. The molecule has 0 radical (unpaired) electrons. The number of rotatable bonds is 4. The summed E-state index contributed by atoms with van der Waals surface area (Å²) in [6.45, 7) is 2.00. The molecule has 0 aliphatic carbocycles. The summed E-state index contributed by atoms with van der Waals surface area (Å²) in [5.74, 6) is -0.416. The molecule has 0 unspecified atom stereocenters. The number of carbonyl (C=O) groups is 1. The molecule has 5 nitrogen and oxygen atoms in total. The van der Waals surface area contributed by atoms with Crippen LogP contribution < -0.4 is 9.21 Å². The van der Waals surface area contributed by atoms with Crippen molar-refractivity contribution in [1.29, 1.82) is 0 Å². The Balaban J connectivity index is 1.87. The Labute approximate surface area is 169 Å². The molecule has 0 spiro atoms. The van der Waals surface area contributed by atoms with Crippen LogP contribution in [0.1, 0.15) is 18.1 Å². The Morgan fingerprint density at radius 2 is 1.62 bits per heavy atom. The molecule has 2 amide bonds. The van der Waals surface area contributed by atoms with Gasteiger partial charge in [0, 0.05) is 0 Å². The van der Waals surface area contributed by atoms with Crippen molar-refractivity contribution in [1.82, 2.24) is 0 Å². The second-order valence-electron chi connectivity index (χ2n) is 6.76. The normalized spacial score (nSPS) is 15.3. The number of hydrogen-bond acceptors (Lipinski definition) is 3. The molecule has 3 aromatic rings. The average molecular weight is 410 g/mol. The van der Waals surface area contributed by atoms with E-state index < -0.39 is 21.9 Å². The predicted molar refractivity (Wildman–Crippen MR) is 110 cm³/mol. The molecule has 3 aromatic carbocycles. The van der Waals surface area contributed by atoms with Gasteiger partial charge < -0.3 is 0 Å². The molecule has 0 saturated heterocycles. The lowest BCUT2D eigenvalue weighted by molar-refractivity contribution is 0.253. The predicted octanol–water partition coefficient (Wildman–Crippen LogP) is 4.72. The maximum absolute atomic E-state index is 13.7. The fraction of sp³-hybridized carbons (Fsp3) is 0.136. The highest BCUT2D eigenvalue weighted by Crippen LogP contribution is 2.38. The van der Waals surface area contributed by atoms with Crippen molar-refractivity contribution in [2.45, 2.75) is 24.8 Å². The number of nitrogens with zero attached hydrogens (tertiary/aromatic N) is 2. The molecule has 0 aromatic heterocycles. The summed E-state index contributed by atoms with van der Waals surface area (Å²) in [5, 5.41) is 0. The summed E-state index contributed by atoms with van der Waals surface area (Å²) in [6, 6.07) is 18.5. The van der Waals surface area contributed by atoms with Crippen LogP contribution in [0.5, 0.6) is 0 Å². The number of halogens is 1. The summed E-state index contributed by atoms with van der Waals surface area (Å²) in [4.78, 5) is 14.8. The van der Waals surface area contributed by atoms with E-state index in [-0.39, 0.29) is 22.8 Å². The van der Waals surface area contributed by atoms with Gasteiger partial charge >= 0.3 is 6.03 Å². The third kappa shape index (κ3) is 3.38. The smallest absolute Gasteiger partial charge is 0.287 e. The number of benzene rings is 3. The van der Waals surface area contributed by atoms with Crippen molar-refractivity contribution >= 4 is 27.4 Å². The van der Waals surface area contributed by atoms with E-state index in [2.05, 4.69) is 0 Å². The van der Waals surface area contributed by atoms with E-state index in [9.17, 15) is 17.6 Å². The topological polar surface area (TPSA) is 57.7 Å². The summed E-state index contributed by atoms with van der Waals surface area (Å²) in [5.41, 5.74) is 2.05. The molecule has 7 heteroatoms. The standard InChI is InChI=1S/C22H19FN2O3S/c1-2-16-7-6-10-19(14-16)25-22(26)24(15-17-8-5-9-18(23)13-17)20-11-3-4-12-21(20)29(25,27)28/h3-14H,2,15H2,1H3. The van der Waals surface area contributed by atoms with E-state index in [0.717, 1.165) is 9.87 Å². The van der Waals surface area contributed by atoms with Crippen molar-refractivity contribution in [3.8, 4) is 0 Å². The second kappa shape index (κ2) is 7.33. The highest BCUT2D eigenvalue weighted by atomic mass is 32.2. The Morgan fingerprint density at radius 1 is 0.897 bits per heavy atom. The van der Waals surface area contributed by atoms with Crippen LogP contribution in [0.4, 0.5) is 20.6 Å². The average Bonchev–Trinajstić information content (AvgIpc) is 2.71. The van der Waals surface area contributed by atoms with Gasteiger partial charge in [0.1, 0.15) is 10.7 Å². The van der Waals surface area contributed by atoms with Crippen LogP contribution in [0.2, 0.25) is 0 Å². The number of anilines is 2. The van der Waals surface area contributed by atoms with Gasteiger partial charge in [-0.3, -0.25) is 4.90 Å². The number of carbonyl (C=O) groups excluding carboxylic acids is 1. The van der Waals surface area contributed by atoms with Crippen molar-refractivity contribution in [3.63, 3.8) is 0 Å². The first-order chi connectivity index (χ1) is 13.9. The molecule has 1 aliphatic rings. The van der Waals surface area contributed by atoms with E-state index in [1.54, 1.807) is 48.5 Å². The molecule has 0 atom stereocenters. The first kappa shape index (κ1) is 19.1. The van der Waals surface area contributed by atoms with E-state index in [1.165, 1.54) is 23.1 Å². The molecular formula is C22H19FN2O3S. The Bertz CT molecular complexity index is 1190. The van der Waals surface area contributed by atoms with Gasteiger partial charge in [0.05, 0.1) is 17.9 Å². The van der Waals surface area contributed by atoms with Gasteiger partial charge in [-0.25, -0.2) is 17.6 Å². The third-order valence-electron chi connectivity index (χ3n) is 4.86. The number of para-hydroxylation sites is 1. The molecular weight excluding hydrogens is 391 g/mol. The summed E-state index contributed by atoms with van der Waals surface area (Å²) >= 11 is 0. The Hall–Kier alpha value is -3.19. The summed E-state index contributed by atoms with van der Waals surface area (Å²) < 4.78 is 41.1. The van der Waals surface area contributed by atoms with Crippen LogP contribution in [0.3, 0.4) is 0 Å². The van der Waals surface area contributed by atoms with Gasteiger partial charge in [-0.1, -0.05) is 43.3 Å². The lowest BCUT2D eigenvalue weighted by atomic mass is 10.1. The van der Waals surface area contributed by atoms with Crippen molar-refractivity contribution in [3.05, 3.63) is 89.7 Å². The lowest BCUT2D eigenvalue weighted by Crippen LogP contribution is -2.50. The molecule has 0 N–H and O–H groups in total. The molecule has 4 rings (SSSR count). The fourth-order valence-electron chi connectivity index (χ4n) is 3.43. The lowest BCUT2D eigenvalue weighted by Gasteiger charge is -2.36. The minimum atomic E-state index is -4.08. The van der Waals surface area contributed by atoms with Gasteiger partial charge in [0.15, 0.2) is 0 Å². The zero-order chi connectivity index (χ0) is 20.6. The molecule has 29 heavy (non-hydrogen) atoms. The highest BCUT2D eigenvalue weighted by molar-refractivity contribution is 7.94. The monoisotopic (exact) mass is 410 g/mol. The summed E-state index contributed by atoms with van der Waals surface area (Å²) in [6.07, 6.45) is 0.708. The molecule has 148 valence electrons. The van der Waals surface area contributed by atoms with Gasteiger partial charge in [0.25, 0.3) is 10.0 Å². The van der Waals surface area contributed by atoms with E-state index >= 15 is 0 Å². The third-order valence-corrected chi connectivity index (χ3v) is 6.61. The van der Waals surface area contributed by atoms with Crippen LogP contribution >= 0.6 is 0 Å². The largest absolute Gasteiger partial charge is 0.343 e. The first-order valence-electron chi connectivity index (χ1n) is 9.21. The fourth-order valence-corrected chi connectivity index (χ4v) is 5.02. The van der Waals surface area contributed by atoms with Crippen LogP contribution in [0.15, 0.2) is 77.7 Å². The van der Waals surface area contributed by atoms with Gasteiger partial charge in [-0.15, -0.1) is 0 Å². The minimum Gasteiger partial charge on any atom is -0.287 e. The molecule has 1 heterocycles. The number of fused-ring (bicyclic) bond motifs is 1. The Morgan fingerprint density at radius 3 is 2.38 bits per heavy atom. The summed E-state index contributed by atoms with van der Waals surface area (Å²) in [7, 11) is -4.08. The van der Waals surface area contributed by atoms with Gasteiger partial charge in [-0.2, -0.15) is 4.31 Å². The zero-order valence-electron chi connectivity index (χ0n) is 15.7. The van der Waals surface area contributed by atoms with Gasteiger partial charge in [-0.05, 0) is 53.9 Å². The molecule has 0 fully saturated rings. The number of hydrogen-bond donors (Lipinski definition) is 0. The second-order valence-corrected chi connectivity index (χ2v) is 8.51. The van der Waals surface area contributed by atoms with Crippen molar-refractivity contribution in [2.24, 2.45) is 0 Å². The van der Waals surface area contributed by atoms with Gasteiger partial charge in [0.2, 0.25) is 0 Å². The minimum absolute atomic E-state index is 0.0397. The van der Waals surface area contributed by atoms with E-state index in [1.807, 2.05) is 13.0 Å². The number of amides is 2. The zero-order valence-corrected chi connectivity index (χ0v) is 16.6. The van der Waals surface area contributed by atoms with Crippen LogP contribution in [-0.4, -0.2) is 14.4 Å². The van der Waals surface area contributed by atoms with Crippen molar-refractivity contribution in [2.75, 3.05) is 9.21 Å². The molecule has 0 bridgehead atoms. The molecule has 0 saturated carbocycles. The van der Waals surface area contributed by atoms with Crippen LogP contribution in [0, 0.1) is 5.82 Å². The maximum atomic E-state index is 13.7. The SMILES string of the molecule is CCc1cccc(N2C(=O)N(Cc3cccc(F)c3)c3ccccc3S2(=O)=O)c1. The highest BCUT2D eigenvalue weighted by Gasteiger charge is 2.42. The first-order valence-corrected chi connectivity index (χ1v) is 10.6.